The zero-order chi connectivity index (χ0) is 19.2. The monoisotopic (exact) mass is 385 g/mol. The topological polar surface area (TPSA) is 89.0 Å². The smallest absolute Gasteiger partial charge is 0.241 e. The molecule has 140 valence electrons. The van der Waals surface area contributed by atoms with Crippen molar-refractivity contribution in [2.75, 3.05) is 19.5 Å². The van der Waals surface area contributed by atoms with Crippen molar-refractivity contribution in [3.05, 3.63) is 48.0 Å². The number of rotatable bonds is 6. The van der Waals surface area contributed by atoms with E-state index in [0.29, 0.717) is 17.1 Å². The SMILES string of the molecule is COc1ccc(OC)c(/C=N\NC(=O)C[C@@H]2Sc3ccccc3NC2=O)c1. The van der Waals surface area contributed by atoms with Gasteiger partial charge in [0, 0.05) is 16.9 Å². The van der Waals surface area contributed by atoms with Crippen LogP contribution in [0.25, 0.3) is 0 Å². The molecule has 2 N–H and O–H groups in total. The first-order valence-electron chi connectivity index (χ1n) is 8.21. The summed E-state index contributed by atoms with van der Waals surface area (Å²) >= 11 is 1.37. The lowest BCUT2D eigenvalue weighted by Crippen LogP contribution is -2.33. The second-order valence-electron chi connectivity index (χ2n) is 5.70. The van der Waals surface area contributed by atoms with Crippen molar-refractivity contribution in [3.63, 3.8) is 0 Å². The fraction of sp³-hybridized carbons (Fsp3) is 0.211. The Hall–Kier alpha value is -3.00. The van der Waals surface area contributed by atoms with Gasteiger partial charge in [-0.25, -0.2) is 5.43 Å². The number of thioether (sulfide) groups is 1. The number of carbonyl (C=O) groups is 2. The highest BCUT2D eigenvalue weighted by Crippen LogP contribution is 2.36. The van der Waals surface area contributed by atoms with Crippen LogP contribution in [-0.4, -0.2) is 37.5 Å². The number of amides is 2. The number of methoxy groups -OCH3 is 2. The third kappa shape index (κ3) is 4.59. The lowest BCUT2D eigenvalue weighted by atomic mass is 10.2. The number of fused-ring (bicyclic) bond motifs is 1. The Kier molecular flexibility index (Phi) is 5.97. The molecule has 2 amide bonds. The summed E-state index contributed by atoms with van der Waals surface area (Å²) in [6, 6.07) is 12.8. The fourth-order valence-electron chi connectivity index (χ4n) is 2.56. The van der Waals surface area contributed by atoms with Crippen LogP contribution in [0.1, 0.15) is 12.0 Å². The highest BCUT2D eigenvalue weighted by molar-refractivity contribution is 8.01. The highest BCUT2D eigenvalue weighted by Gasteiger charge is 2.28. The minimum atomic E-state index is -0.499. The number of para-hydroxylation sites is 1. The van der Waals surface area contributed by atoms with Crippen molar-refractivity contribution in [2.24, 2.45) is 5.10 Å². The molecular formula is C19H19N3O4S. The number of hydrazone groups is 1. The van der Waals surface area contributed by atoms with Crippen molar-refractivity contribution < 1.29 is 19.1 Å². The molecule has 0 saturated carbocycles. The van der Waals surface area contributed by atoms with E-state index >= 15 is 0 Å². The molecule has 8 heteroatoms. The van der Waals surface area contributed by atoms with E-state index in [-0.39, 0.29) is 18.2 Å². The van der Waals surface area contributed by atoms with Crippen LogP contribution in [-0.2, 0) is 9.59 Å². The average Bonchev–Trinajstić information content (AvgIpc) is 2.68. The van der Waals surface area contributed by atoms with Gasteiger partial charge in [-0.2, -0.15) is 5.10 Å². The molecule has 1 atom stereocenters. The van der Waals surface area contributed by atoms with E-state index in [2.05, 4.69) is 15.8 Å². The molecule has 1 aliphatic heterocycles. The van der Waals surface area contributed by atoms with E-state index in [1.807, 2.05) is 24.3 Å². The molecule has 0 saturated heterocycles. The van der Waals surface area contributed by atoms with Crippen LogP contribution in [0, 0.1) is 0 Å². The summed E-state index contributed by atoms with van der Waals surface area (Å²) in [7, 11) is 3.12. The highest BCUT2D eigenvalue weighted by atomic mass is 32.2. The molecule has 7 nitrogen and oxygen atoms in total. The van der Waals surface area contributed by atoms with Crippen LogP contribution in [0.5, 0.6) is 11.5 Å². The molecule has 27 heavy (non-hydrogen) atoms. The number of benzene rings is 2. The molecule has 0 aromatic heterocycles. The first-order valence-corrected chi connectivity index (χ1v) is 9.09. The van der Waals surface area contributed by atoms with Crippen LogP contribution < -0.4 is 20.2 Å². The van der Waals surface area contributed by atoms with Gasteiger partial charge in [-0.05, 0) is 30.3 Å². The van der Waals surface area contributed by atoms with Crippen LogP contribution >= 0.6 is 11.8 Å². The van der Waals surface area contributed by atoms with Crippen molar-refractivity contribution >= 4 is 35.5 Å². The van der Waals surface area contributed by atoms with Crippen LogP contribution in [0.15, 0.2) is 52.5 Å². The number of hydrogen-bond acceptors (Lipinski definition) is 6. The molecule has 0 aliphatic carbocycles. The minimum Gasteiger partial charge on any atom is -0.497 e. The maximum absolute atomic E-state index is 12.2. The van der Waals surface area contributed by atoms with E-state index in [1.165, 1.54) is 18.0 Å². The van der Waals surface area contributed by atoms with Gasteiger partial charge in [-0.3, -0.25) is 9.59 Å². The van der Waals surface area contributed by atoms with Gasteiger partial charge in [0.1, 0.15) is 11.5 Å². The van der Waals surface area contributed by atoms with E-state index in [0.717, 1.165) is 10.6 Å². The summed E-state index contributed by atoms with van der Waals surface area (Å²) in [6.07, 6.45) is 1.50. The molecule has 0 unspecified atom stereocenters. The molecule has 1 aliphatic rings. The molecular weight excluding hydrogens is 366 g/mol. The molecule has 1 heterocycles. The number of ether oxygens (including phenoxy) is 2. The molecule has 2 aromatic carbocycles. The second kappa shape index (κ2) is 8.59. The number of nitrogens with one attached hydrogen (secondary N) is 2. The van der Waals surface area contributed by atoms with Gasteiger partial charge in [0.25, 0.3) is 0 Å². The first kappa shape index (κ1) is 18.8. The van der Waals surface area contributed by atoms with E-state index in [4.69, 9.17) is 9.47 Å². The predicted octanol–water partition coefficient (Wildman–Crippen LogP) is 2.66. The molecule has 3 rings (SSSR count). The molecule has 2 aromatic rings. The number of nitrogens with zero attached hydrogens (tertiary/aromatic N) is 1. The summed E-state index contributed by atoms with van der Waals surface area (Å²) < 4.78 is 10.4. The molecule has 0 fully saturated rings. The molecule has 0 spiro atoms. The second-order valence-corrected chi connectivity index (χ2v) is 6.94. The third-order valence-corrected chi connectivity index (χ3v) is 5.18. The van der Waals surface area contributed by atoms with Crippen LogP contribution in [0.2, 0.25) is 0 Å². The van der Waals surface area contributed by atoms with E-state index < -0.39 is 5.25 Å². The standard InChI is InChI=1S/C19H19N3O4S/c1-25-13-7-8-15(26-2)12(9-13)11-20-22-18(23)10-17-19(24)21-14-5-3-4-6-16(14)27-17/h3-9,11,17H,10H2,1-2H3,(H,21,24)(H,22,23)/b20-11-/t17-/m0/s1. The average molecular weight is 385 g/mol. The number of anilines is 1. The Morgan fingerprint density at radius 3 is 2.85 bits per heavy atom. The van der Waals surface area contributed by atoms with Gasteiger partial charge in [0.15, 0.2) is 0 Å². The van der Waals surface area contributed by atoms with Crippen molar-refractivity contribution in [2.45, 2.75) is 16.6 Å². The summed E-state index contributed by atoms with van der Waals surface area (Å²) in [5.74, 6) is 0.720. The van der Waals surface area contributed by atoms with Gasteiger partial charge in [-0.1, -0.05) is 12.1 Å². The third-order valence-electron chi connectivity index (χ3n) is 3.91. The summed E-state index contributed by atoms with van der Waals surface area (Å²) in [5.41, 5.74) is 3.89. The Balaban J connectivity index is 1.60. The van der Waals surface area contributed by atoms with Gasteiger partial charge >= 0.3 is 0 Å². The summed E-state index contributed by atoms with van der Waals surface area (Å²) in [6.45, 7) is 0. The van der Waals surface area contributed by atoms with E-state index in [1.54, 1.807) is 32.4 Å². The summed E-state index contributed by atoms with van der Waals surface area (Å²) in [4.78, 5) is 25.3. The zero-order valence-corrected chi connectivity index (χ0v) is 15.7. The normalized spacial score (nSPS) is 15.8. The Labute approximate surface area is 161 Å². The number of hydrogen-bond donors (Lipinski definition) is 2. The van der Waals surface area contributed by atoms with Gasteiger partial charge in [0.05, 0.1) is 31.4 Å². The zero-order valence-electron chi connectivity index (χ0n) is 14.9. The maximum Gasteiger partial charge on any atom is 0.241 e. The van der Waals surface area contributed by atoms with Crippen molar-refractivity contribution in [3.8, 4) is 11.5 Å². The lowest BCUT2D eigenvalue weighted by molar-refractivity contribution is -0.124. The van der Waals surface area contributed by atoms with E-state index in [9.17, 15) is 9.59 Å². The molecule has 0 bridgehead atoms. The molecule has 0 radical (unpaired) electrons. The van der Waals surface area contributed by atoms with Crippen LogP contribution in [0.3, 0.4) is 0 Å². The van der Waals surface area contributed by atoms with Crippen LogP contribution in [0.4, 0.5) is 5.69 Å². The summed E-state index contributed by atoms with van der Waals surface area (Å²) in [5, 5.41) is 6.28. The predicted molar refractivity (Wildman–Crippen MR) is 105 cm³/mol. The van der Waals surface area contributed by atoms with Crippen molar-refractivity contribution in [1.82, 2.24) is 5.43 Å². The Bertz CT molecular complexity index is 885. The Morgan fingerprint density at radius 1 is 1.26 bits per heavy atom. The lowest BCUT2D eigenvalue weighted by Gasteiger charge is -2.23. The number of carbonyl (C=O) groups excluding carboxylic acids is 2. The van der Waals surface area contributed by atoms with Gasteiger partial charge in [0.2, 0.25) is 11.8 Å². The first-order chi connectivity index (χ1) is 13.1. The maximum atomic E-state index is 12.2. The van der Waals surface area contributed by atoms with Crippen molar-refractivity contribution in [1.29, 1.82) is 0 Å². The largest absolute Gasteiger partial charge is 0.497 e. The van der Waals surface area contributed by atoms with Gasteiger partial charge in [-0.15, -0.1) is 11.8 Å². The fourth-order valence-corrected chi connectivity index (χ4v) is 3.67. The minimum absolute atomic E-state index is 0.0252. The quantitative estimate of drug-likeness (QED) is 0.589. The van der Waals surface area contributed by atoms with Gasteiger partial charge < -0.3 is 14.8 Å². The Morgan fingerprint density at radius 2 is 2.07 bits per heavy atom.